The molecule has 2 N–H and O–H groups in total. The minimum atomic E-state index is 0.324. The first-order valence-corrected chi connectivity index (χ1v) is 4.03. The van der Waals surface area contributed by atoms with Crippen molar-refractivity contribution in [2.24, 2.45) is 0 Å². The number of hydrogen-bond donors (Lipinski definition) is 2. The molecule has 0 unspecified atom stereocenters. The van der Waals surface area contributed by atoms with Crippen molar-refractivity contribution < 1.29 is 5.11 Å². The number of nitrogens with one attached hydrogen (secondary N) is 1. The first-order valence-electron chi connectivity index (χ1n) is 4.03. The monoisotopic (exact) mass is 161 g/mol. The van der Waals surface area contributed by atoms with Crippen molar-refractivity contribution in [2.75, 3.05) is 11.9 Å². The summed E-state index contributed by atoms with van der Waals surface area (Å²) in [7, 11) is 0. The Bertz CT molecular complexity index is 331. The highest BCUT2D eigenvalue weighted by Gasteiger charge is 2.14. The van der Waals surface area contributed by atoms with Crippen molar-refractivity contribution in [1.29, 1.82) is 0 Å². The SMILES string of the molecule is C=C1CCNc2cccc(O)c21. The normalized spacial score (nSPS) is 15.2. The van der Waals surface area contributed by atoms with E-state index in [2.05, 4.69) is 11.9 Å². The van der Waals surface area contributed by atoms with Crippen LogP contribution in [-0.4, -0.2) is 11.7 Å². The molecule has 2 heteroatoms. The van der Waals surface area contributed by atoms with Crippen LogP contribution in [-0.2, 0) is 0 Å². The van der Waals surface area contributed by atoms with Gasteiger partial charge in [0, 0.05) is 17.8 Å². The quantitative estimate of drug-likeness (QED) is 0.611. The van der Waals surface area contributed by atoms with Crippen LogP contribution in [0.4, 0.5) is 5.69 Å². The third-order valence-corrected chi connectivity index (χ3v) is 2.14. The molecule has 1 aliphatic rings. The van der Waals surface area contributed by atoms with Gasteiger partial charge in [0.15, 0.2) is 0 Å². The second-order valence-corrected chi connectivity index (χ2v) is 2.98. The topological polar surface area (TPSA) is 32.3 Å². The fraction of sp³-hybridized carbons (Fsp3) is 0.200. The lowest BCUT2D eigenvalue weighted by Gasteiger charge is -2.20. The highest BCUT2D eigenvalue weighted by Crippen LogP contribution is 2.35. The molecule has 1 aliphatic heterocycles. The number of benzene rings is 1. The Balaban J connectivity index is 2.60. The number of phenols is 1. The minimum absolute atomic E-state index is 0.324. The summed E-state index contributed by atoms with van der Waals surface area (Å²) in [6.07, 6.45) is 0.907. The highest BCUT2D eigenvalue weighted by molar-refractivity contribution is 5.81. The Labute approximate surface area is 71.5 Å². The van der Waals surface area contributed by atoms with Crippen molar-refractivity contribution in [2.45, 2.75) is 6.42 Å². The number of rotatable bonds is 0. The van der Waals surface area contributed by atoms with Gasteiger partial charge in [0.2, 0.25) is 0 Å². The van der Waals surface area contributed by atoms with Gasteiger partial charge in [-0.15, -0.1) is 0 Å². The number of hydrogen-bond acceptors (Lipinski definition) is 2. The fourth-order valence-corrected chi connectivity index (χ4v) is 1.53. The molecule has 0 aliphatic carbocycles. The maximum absolute atomic E-state index is 9.53. The molecule has 0 bridgehead atoms. The molecule has 1 aromatic carbocycles. The lowest BCUT2D eigenvalue weighted by Crippen LogP contribution is -2.10. The predicted octanol–water partition coefficient (Wildman–Crippen LogP) is 2.22. The zero-order chi connectivity index (χ0) is 8.55. The van der Waals surface area contributed by atoms with Gasteiger partial charge in [0.25, 0.3) is 0 Å². The van der Waals surface area contributed by atoms with Gasteiger partial charge in [-0.25, -0.2) is 0 Å². The zero-order valence-corrected chi connectivity index (χ0v) is 6.80. The van der Waals surface area contributed by atoms with Crippen molar-refractivity contribution in [3.05, 3.63) is 30.3 Å². The van der Waals surface area contributed by atoms with E-state index in [1.807, 2.05) is 12.1 Å². The van der Waals surface area contributed by atoms with Gasteiger partial charge >= 0.3 is 0 Å². The molecule has 12 heavy (non-hydrogen) atoms. The van der Waals surface area contributed by atoms with Gasteiger partial charge < -0.3 is 10.4 Å². The first kappa shape index (κ1) is 7.22. The average Bonchev–Trinajstić information content (AvgIpc) is 2.04. The van der Waals surface area contributed by atoms with Crippen molar-refractivity contribution >= 4 is 11.3 Å². The van der Waals surface area contributed by atoms with Crippen LogP contribution in [0, 0.1) is 0 Å². The Morgan fingerprint density at radius 2 is 2.25 bits per heavy atom. The molecule has 0 fully saturated rings. The smallest absolute Gasteiger partial charge is 0.125 e. The summed E-state index contributed by atoms with van der Waals surface area (Å²) in [6, 6.07) is 5.48. The largest absolute Gasteiger partial charge is 0.507 e. The van der Waals surface area contributed by atoms with Gasteiger partial charge in [-0.1, -0.05) is 12.6 Å². The molecule has 1 heterocycles. The van der Waals surface area contributed by atoms with Crippen molar-refractivity contribution in [1.82, 2.24) is 0 Å². The average molecular weight is 161 g/mol. The van der Waals surface area contributed by atoms with Gasteiger partial charge in [-0.2, -0.15) is 0 Å². The standard InChI is InChI=1S/C10H11NO/c1-7-5-6-11-8-3-2-4-9(12)10(7)8/h2-4,11-12H,1,5-6H2. The Hall–Kier alpha value is -1.44. The Morgan fingerprint density at radius 1 is 1.42 bits per heavy atom. The molecule has 0 amide bonds. The molecule has 0 saturated carbocycles. The summed E-state index contributed by atoms with van der Waals surface area (Å²) >= 11 is 0. The number of aromatic hydroxyl groups is 1. The lowest BCUT2D eigenvalue weighted by molar-refractivity contribution is 0.473. The van der Waals surface area contributed by atoms with Crippen LogP contribution in [0.15, 0.2) is 24.8 Å². The summed E-state index contributed by atoms with van der Waals surface area (Å²) in [6.45, 7) is 4.83. The Kier molecular flexibility index (Phi) is 1.54. The summed E-state index contributed by atoms with van der Waals surface area (Å²) < 4.78 is 0. The van der Waals surface area contributed by atoms with E-state index in [4.69, 9.17) is 0 Å². The van der Waals surface area contributed by atoms with Crippen LogP contribution in [0.3, 0.4) is 0 Å². The minimum Gasteiger partial charge on any atom is -0.507 e. The second kappa shape index (κ2) is 2.55. The van der Waals surface area contributed by atoms with E-state index in [0.29, 0.717) is 5.75 Å². The zero-order valence-electron chi connectivity index (χ0n) is 6.80. The highest BCUT2D eigenvalue weighted by atomic mass is 16.3. The number of phenolic OH excluding ortho intramolecular Hbond substituents is 1. The number of anilines is 1. The molecular weight excluding hydrogens is 150 g/mol. The maximum atomic E-state index is 9.53. The second-order valence-electron chi connectivity index (χ2n) is 2.98. The van der Waals surface area contributed by atoms with Crippen LogP contribution in [0.5, 0.6) is 5.75 Å². The van der Waals surface area contributed by atoms with E-state index in [0.717, 1.165) is 29.8 Å². The fourth-order valence-electron chi connectivity index (χ4n) is 1.53. The summed E-state index contributed by atoms with van der Waals surface area (Å²) in [5.41, 5.74) is 2.89. The molecule has 0 radical (unpaired) electrons. The maximum Gasteiger partial charge on any atom is 0.125 e. The molecule has 0 saturated heterocycles. The lowest BCUT2D eigenvalue weighted by atomic mass is 9.98. The van der Waals surface area contributed by atoms with Gasteiger partial charge in [-0.3, -0.25) is 0 Å². The van der Waals surface area contributed by atoms with Crippen LogP contribution in [0.25, 0.3) is 5.57 Å². The molecular formula is C10H11NO. The van der Waals surface area contributed by atoms with Crippen molar-refractivity contribution in [3.8, 4) is 5.75 Å². The summed E-state index contributed by atoms with van der Waals surface area (Å²) in [5, 5.41) is 12.7. The van der Waals surface area contributed by atoms with Crippen LogP contribution in [0.1, 0.15) is 12.0 Å². The van der Waals surface area contributed by atoms with E-state index in [9.17, 15) is 5.11 Å². The van der Waals surface area contributed by atoms with E-state index >= 15 is 0 Å². The van der Waals surface area contributed by atoms with Crippen molar-refractivity contribution in [3.63, 3.8) is 0 Å². The van der Waals surface area contributed by atoms with Crippen LogP contribution in [0.2, 0.25) is 0 Å². The predicted molar refractivity (Wildman–Crippen MR) is 50.2 cm³/mol. The summed E-state index contributed by atoms with van der Waals surface area (Å²) in [5.74, 6) is 0.324. The first-order chi connectivity index (χ1) is 5.79. The number of fused-ring (bicyclic) bond motifs is 1. The van der Waals surface area contributed by atoms with E-state index in [1.54, 1.807) is 6.07 Å². The van der Waals surface area contributed by atoms with Gasteiger partial charge in [-0.05, 0) is 24.1 Å². The van der Waals surface area contributed by atoms with Crippen LogP contribution >= 0.6 is 0 Å². The Morgan fingerprint density at radius 3 is 3.00 bits per heavy atom. The van der Waals surface area contributed by atoms with E-state index in [-0.39, 0.29) is 0 Å². The third-order valence-electron chi connectivity index (χ3n) is 2.14. The summed E-state index contributed by atoms with van der Waals surface area (Å²) in [4.78, 5) is 0. The van der Waals surface area contributed by atoms with Crippen LogP contribution < -0.4 is 5.32 Å². The molecule has 0 spiro atoms. The molecule has 62 valence electrons. The molecule has 1 aromatic rings. The van der Waals surface area contributed by atoms with Gasteiger partial charge in [0.1, 0.15) is 5.75 Å². The van der Waals surface area contributed by atoms with E-state index < -0.39 is 0 Å². The van der Waals surface area contributed by atoms with Gasteiger partial charge in [0.05, 0.1) is 0 Å². The third kappa shape index (κ3) is 0.961. The molecule has 0 aromatic heterocycles. The molecule has 2 rings (SSSR count). The molecule has 0 atom stereocenters. The molecule has 2 nitrogen and oxygen atoms in total. The van der Waals surface area contributed by atoms with E-state index in [1.165, 1.54) is 0 Å².